The minimum absolute atomic E-state index is 0.0253. The van der Waals surface area contributed by atoms with Crippen LogP contribution in [-0.2, 0) is 6.42 Å². The van der Waals surface area contributed by atoms with Gasteiger partial charge >= 0.3 is 0 Å². The smallest absolute Gasteiger partial charge is 0.258 e. The summed E-state index contributed by atoms with van der Waals surface area (Å²) in [5.74, 6) is 1.83. The Labute approximate surface area is 163 Å². The largest absolute Gasteiger partial charge is 0.493 e. The number of nitrogens with one attached hydrogen (secondary N) is 1. The van der Waals surface area contributed by atoms with Gasteiger partial charge in [-0.25, -0.2) is 4.98 Å². The molecule has 2 heterocycles. The predicted molar refractivity (Wildman–Crippen MR) is 109 cm³/mol. The van der Waals surface area contributed by atoms with Crippen molar-refractivity contribution in [3.63, 3.8) is 0 Å². The van der Waals surface area contributed by atoms with Crippen LogP contribution in [0.5, 0.6) is 11.5 Å². The molecule has 1 N–H and O–H groups in total. The summed E-state index contributed by atoms with van der Waals surface area (Å²) in [6.07, 6.45) is 2.52. The fourth-order valence-electron chi connectivity index (χ4n) is 3.40. The van der Waals surface area contributed by atoms with E-state index in [2.05, 4.69) is 16.4 Å². The highest BCUT2D eigenvalue weighted by Gasteiger charge is 2.25. The number of anilines is 3. The maximum absolute atomic E-state index is 13.0. The number of hydrogen-bond donors (Lipinski definition) is 1. The van der Waals surface area contributed by atoms with Gasteiger partial charge in [-0.3, -0.25) is 4.79 Å². The highest BCUT2D eigenvalue weighted by atomic mass is 16.5. The van der Waals surface area contributed by atoms with E-state index in [1.165, 1.54) is 5.56 Å². The fourth-order valence-corrected chi connectivity index (χ4v) is 3.40. The van der Waals surface area contributed by atoms with Gasteiger partial charge in [0, 0.05) is 35.7 Å². The molecule has 1 aromatic heterocycles. The summed E-state index contributed by atoms with van der Waals surface area (Å²) in [6.45, 7) is 0.693. The normalized spacial score (nSPS) is 12.4. The molecule has 28 heavy (non-hydrogen) atoms. The number of fused-ring (bicyclic) bond motifs is 1. The SMILES string of the molecule is COc1ccc(Nc2cc(C(=O)N3CCc4ccccc43)ccn2)cc1OC. The molecule has 0 fully saturated rings. The van der Waals surface area contributed by atoms with Crippen LogP contribution in [0.3, 0.4) is 0 Å². The minimum atomic E-state index is -0.0253. The molecule has 0 atom stereocenters. The van der Waals surface area contributed by atoms with Crippen LogP contribution in [0.1, 0.15) is 15.9 Å². The number of methoxy groups -OCH3 is 2. The molecule has 6 nitrogen and oxygen atoms in total. The molecule has 6 heteroatoms. The van der Waals surface area contributed by atoms with Gasteiger partial charge < -0.3 is 19.7 Å². The number of nitrogens with zero attached hydrogens (tertiary/aromatic N) is 2. The summed E-state index contributed by atoms with van der Waals surface area (Å²) in [7, 11) is 3.19. The number of benzene rings is 2. The van der Waals surface area contributed by atoms with Crippen LogP contribution in [0.4, 0.5) is 17.2 Å². The lowest BCUT2D eigenvalue weighted by atomic mass is 10.1. The third-order valence-corrected chi connectivity index (χ3v) is 4.80. The van der Waals surface area contributed by atoms with Crippen molar-refractivity contribution < 1.29 is 14.3 Å². The zero-order valence-corrected chi connectivity index (χ0v) is 15.8. The zero-order valence-electron chi connectivity index (χ0n) is 15.8. The number of ether oxygens (including phenoxy) is 2. The first-order valence-corrected chi connectivity index (χ1v) is 9.04. The van der Waals surface area contributed by atoms with Crippen molar-refractivity contribution in [2.75, 3.05) is 31.0 Å². The molecule has 4 rings (SSSR count). The second-order valence-electron chi connectivity index (χ2n) is 6.46. The van der Waals surface area contributed by atoms with Crippen LogP contribution in [0.25, 0.3) is 0 Å². The number of pyridine rings is 1. The van der Waals surface area contributed by atoms with Crippen molar-refractivity contribution >= 4 is 23.1 Å². The van der Waals surface area contributed by atoms with Crippen molar-refractivity contribution in [2.45, 2.75) is 6.42 Å². The number of rotatable bonds is 5. The summed E-state index contributed by atoms with van der Waals surface area (Å²) >= 11 is 0. The number of carbonyl (C=O) groups excluding carboxylic acids is 1. The van der Waals surface area contributed by atoms with Gasteiger partial charge in [0.25, 0.3) is 5.91 Å². The van der Waals surface area contributed by atoms with E-state index in [-0.39, 0.29) is 5.91 Å². The minimum Gasteiger partial charge on any atom is -0.493 e. The Morgan fingerprint density at radius 3 is 2.68 bits per heavy atom. The van der Waals surface area contributed by atoms with E-state index in [0.717, 1.165) is 17.8 Å². The first-order valence-electron chi connectivity index (χ1n) is 9.04. The van der Waals surface area contributed by atoms with Crippen molar-refractivity contribution in [3.8, 4) is 11.5 Å². The second kappa shape index (κ2) is 7.60. The Morgan fingerprint density at radius 2 is 1.86 bits per heavy atom. The topological polar surface area (TPSA) is 63.7 Å². The van der Waals surface area contributed by atoms with Crippen LogP contribution in [-0.4, -0.2) is 31.7 Å². The molecule has 1 amide bonds. The lowest BCUT2D eigenvalue weighted by Crippen LogP contribution is -2.28. The van der Waals surface area contributed by atoms with Crippen LogP contribution in [0.2, 0.25) is 0 Å². The molecule has 0 radical (unpaired) electrons. The summed E-state index contributed by atoms with van der Waals surface area (Å²) in [5.41, 5.74) is 3.57. The molecule has 1 aliphatic heterocycles. The molecule has 0 saturated heterocycles. The van der Waals surface area contributed by atoms with E-state index < -0.39 is 0 Å². The van der Waals surface area contributed by atoms with Gasteiger partial charge in [0.15, 0.2) is 11.5 Å². The molecule has 142 valence electrons. The number of carbonyl (C=O) groups is 1. The monoisotopic (exact) mass is 375 g/mol. The number of hydrogen-bond acceptors (Lipinski definition) is 5. The summed E-state index contributed by atoms with van der Waals surface area (Å²) in [5, 5.41) is 3.22. The maximum atomic E-state index is 13.0. The first kappa shape index (κ1) is 17.9. The van der Waals surface area contributed by atoms with Gasteiger partial charge in [0.1, 0.15) is 5.82 Å². The molecule has 3 aromatic rings. The van der Waals surface area contributed by atoms with Gasteiger partial charge in [-0.15, -0.1) is 0 Å². The Morgan fingerprint density at radius 1 is 1.04 bits per heavy atom. The molecule has 0 unspecified atom stereocenters. The second-order valence-corrected chi connectivity index (χ2v) is 6.46. The number of aromatic nitrogens is 1. The quantitative estimate of drug-likeness (QED) is 0.729. The molecular formula is C22H21N3O3. The molecule has 0 saturated carbocycles. The highest BCUT2D eigenvalue weighted by Crippen LogP contribution is 2.32. The molecule has 0 aliphatic carbocycles. The van der Waals surface area contributed by atoms with E-state index in [4.69, 9.17) is 9.47 Å². The number of para-hydroxylation sites is 1. The van der Waals surface area contributed by atoms with Gasteiger partial charge in [0.2, 0.25) is 0 Å². The first-order chi connectivity index (χ1) is 13.7. The van der Waals surface area contributed by atoms with E-state index >= 15 is 0 Å². The zero-order chi connectivity index (χ0) is 19.5. The summed E-state index contributed by atoms with van der Waals surface area (Å²) in [4.78, 5) is 19.2. The van der Waals surface area contributed by atoms with Gasteiger partial charge in [0.05, 0.1) is 14.2 Å². The molecule has 0 bridgehead atoms. The Kier molecular flexibility index (Phi) is 4.85. The maximum Gasteiger partial charge on any atom is 0.258 e. The molecule has 0 spiro atoms. The summed E-state index contributed by atoms with van der Waals surface area (Å²) < 4.78 is 10.6. The van der Waals surface area contributed by atoms with Gasteiger partial charge in [-0.05, 0) is 42.3 Å². The highest BCUT2D eigenvalue weighted by molar-refractivity contribution is 6.07. The Balaban J connectivity index is 1.56. The Hall–Kier alpha value is -3.54. The Bertz CT molecular complexity index is 1020. The van der Waals surface area contributed by atoms with E-state index in [1.807, 2.05) is 41.3 Å². The fraction of sp³-hybridized carbons (Fsp3) is 0.182. The van der Waals surface area contributed by atoms with Crippen LogP contribution in [0, 0.1) is 0 Å². The number of amides is 1. The average molecular weight is 375 g/mol. The van der Waals surface area contributed by atoms with Crippen molar-refractivity contribution in [1.29, 1.82) is 0 Å². The predicted octanol–water partition coefficient (Wildman–Crippen LogP) is 4.05. The van der Waals surface area contributed by atoms with Gasteiger partial charge in [-0.1, -0.05) is 18.2 Å². The van der Waals surface area contributed by atoms with Crippen molar-refractivity contribution in [1.82, 2.24) is 4.98 Å². The lowest BCUT2D eigenvalue weighted by molar-refractivity contribution is 0.0989. The summed E-state index contributed by atoms with van der Waals surface area (Å²) in [6, 6.07) is 17.0. The van der Waals surface area contributed by atoms with Crippen molar-refractivity contribution in [3.05, 3.63) is 71.9 Å². The molecule has 2 aromatic carbocycles. The lowest BCUT2D eigenvalue weighted by Gasteiger charge is -2.18. The average Bonchev–Trinajstić information content (AvgIpc) is 3.17. The standard InChI is InChI=1S/C22H21N3O3/c1-27-19-8-7-17(14-20(19)28-2)24-21-13-16(9-11-23-21)22(26)25-12-10-15-5-3-4-6-18(15)25/h3-9,11,13-14H,10,12H2,1-2H3,(H,23,24). The third-order valence-electron chi connectivity index (χ3n) is 4.80. The molecule has 1 aliphatic rings. The van der Waals surface area contributed by atoms with E-state index in [9.17, 15) is 4.79 Å². The van der Waals surface area contributed by atoms with E-state index in [0.29, 0.717) is 29.4 Å². The van der Waals surface area contributed by atoms with Crippen LogP contribution in [0.15, 0.2) is 60.8 Å². The van der Waals surface area contributed by atoms with Crippen LogP contribution >= 0.6 is 0 Å². The molecular weight excluding hydrogens is 354 g/mol. The van der Waals surface area contributed by atoms with Crippen molar-refractivity contribution in [2.24, 2.45) is 0 Å². The van der Waals surface area contributed by atoms with E-state index in [1.54, 1.807) is 32.5 Å². The van der Waals surface area contributed by atoms with Crippen LogP contribution < -0.4 is 19.7 Å². The van der Waals surface area contributed by atoms with Gasteiger partial charge in [-0.2, -0.15) is 0 Å². The third kappa shape index (κ3) is 3.36.